The molecule has 0 aliphatic carbocycles. The lowest BCUT2D eigenvalue weighted by Crippen LogP contribution is -2.51. The summed E-state index contributed by atoms with van der Waals surface area (Å²) in [7, 11) is 0. The molecule has 2 aliphatic rings. The fourth-order valence-corrected chi connectivity index (χ4v) is 2.93. The maximum absolute atomic E-state index is 12.3. The van der Waals surface area contributed by atoms with Crippen molar-refractivity contribution >= 4 is 11.7 Å². The Morgan fingerprint density at radius 1 is 1.08 bits per heavy atom. The van der Waals surface area contributed by atoms with Crippen LogP contribution in [0.4, 0.5) is 0 Å². The monoisotopic (exact) mass is 332 g/mol. The number of fused-ring (bicyclic) bond motifs is 1. The molecule has 6 nitrogen and oxygen atoms in total. The number of benzene rings is 1. The summed E-state index contributed by atoms with van der Waals surface area (Å²) in [5.41, 5.74) is 0.464. The molecular formula is C18H24N2O4. The summed E-state index contributed by atoms with van der Waals surface area (Å²) in [6.45, 7) is 9.00. The second-order valence-corrected chi connectivity index (χ2v) is 7.30. The molecule has 1 amide bonds. The number of hydrogen-bond donors (Lipinski definition) is 0. The van der Waals surface area contributed by atoms with Gasteiger partial charge in [-0.2, -0.15) is 0 Å². The summed E-state index contributed by atoms with van der Waals surface area (Å²) < 4.78 is 10.9. The zero-order valence-electron chi connectivity index (χ0n) is 14.5. The smallest absolute Gasteiger partial charge is 0.290 e. The van der Waals surface area contributed by atoms with Crippen molar-refractivity contribution in [1.82, 2.24) is 9.80 Å². The molecule has 0 unspecified atom stereocenters. The second kappa shape index (κ2) is 6.43. The molecule has 0 bridgehead atoms. The first-order valence-corrected chi connectivity index (χ1v) is 8.30. The Morgan fingerprint density at radius 2 is 1.79 bits per heavy atom. The third-order valence-electron chi connectivity index (χ3n) is 4.41. The number of rotatable bonds is 3. The van der Waals surface area contributed by atoms with Crippen molar-refractivity contribution in [2.75, 3.05) is 33.0 Å². The number of ether oxygens (including phenoxy) is 2. The van der Waals surface area contributed by atoms with E-state index in [9.17, 15) is 9.59 Å². The van der Waals surface area contributed by atoms with Crippen molar-refractivity contribution in [2.45, 2.75) is 27.3 Å². The van der Waals surface area contributed by atoms with Crippen LogP contribution >= 0.6 is 0 Å². The van der Waals surface area contributed by atoms with E-state index < -0.39 is 5.41 Å². The van der Waals surface area contributed by atoms with Gasteiger partial charge >= 0.3 is 0 Å². The van der Waals surface area contributed by atoms with Crippen molar-refractivity contribution in [3.63, 3.8) is 0 Å². The van der Waals surface area contributed by atoms with Gasteiger partial charge in [0, 0.05) is 43.7 Å². The highest BCUT2D eigenvalue weighted by molar-refractivity contribution is 6.37. The Kier molecular flexibility index (Phi) is 4.49. The maximum Gasteiger partial charge on any atom is 0.290 e. The van der Waals surface area contributed by atoms with Crippen LogP contribution < -0.4 is 9.47 Å². The highest BCUT2D eigenvalue weighted by Gasteiger charge is 2.33. The topological polar surface area (TPSA) is 59.1 Å². The minimum Gasteiger partial charge on any atom is -0.454 e. The third-order valence-corrected chi connectivity index (χ3v) is 4.41. The van der Waals surface area contributed by atoms with Crippen LogP contribution in [0.25, 0.3) is 0 Å². The van der Waals surface area contributed by atoms with Gasteiger partial charge in [0.1, 0.15) is 0 Å². The van der Waals surface area contributed by atoms with Gasteiger partial charge in [-0.05, 0) is 6.07 Å². The molecule has 0 aromatic heterocycles. The summed E-state index contributed by atoms with van der Waals surface area (Å²) in [6.07, 6.45) is 0. The van der Waals surface area contributed by atoms with Gasteiger partial charge in [0.15, 0.2) is 11.5 Å². The molecule has 1 saturated heterocycles. The van der Waals surface area contributed by atoms with Gasteiger partial charge in [0.25, 0.3) is 5.91 Å². The Morgan fingerprint density at radius 3 is 2.46 bits per heavy atom. The van der Waals surface area contributed by atoms with E-state index in [1.165, 1.54) is 0 Å². The second-order valence-electron chi connectivity index (χ2n) is 7.30. The average molecular weight is 332 g/mol. The molecule has 0 spiro atoms. The van der Waals surface area contributed by atoms with Crippen LogP contribution in [0.5, 0.6) is 11.5 Å². The first-order valence-electron chi connectivity index (χ1n) is 8.30. The molecule has 3 rings (SSSR count). The number of Topliss-reactive ketones (excluding diaryl/α,β-unsaturated/α-hetero) is 1. The van der Waals surface area contributed by atoms with Crippen molar-refractivity contribution in [2.24, 2.45) is 5.41 Å². The van der Waals surface area contributed by atoms with Crippen molar-refractivity contribution in [3.8, 4) is 11.5 Å². The highest BCUT2D eigenvalue weighted by atomic mass is 16.7. The number of nitrogens with zero attached hydrogens (tertiary/aromatic N) is 2. The largest absolute Gasteiger partial charge is 0.454 e. The number of hydrogen-bond acceptors (Lipinski definition) is 5. The van der Waals surface area contributed by atoms with Gasteiger partial charge in [0.05, 0.1) is 0 Å². The van der Waals surface area contributed by atoms with E-state index in [1.807, 2.05) is 18.2 Å². The van der Waals surface area contributed by atoms with Crippen LogP contribution in [-0.4, -0.2) is 54.5 Å². The van der Waals surface area contributed by atoms with Crippen molar-refractivity contribution in [1.29, 1.82) is 0 Å². The van der Waals surface area contributed by atoms with E-state index in [-0.39, 0.29) is 18.5 Å². The number of para-hydroxylation sites is 1. The molecule has 0 saturated carbocycles. The molecule has 2 heterocycles. The number of piperazine rings is 1. The van der Waals surface area contributed by atoms with Gasteiger partial charge in [0.2, 0.25) is 12.6 Å². The number of carbonyl (C=O) groups excluding carboxylic acids is 2. The van der Waals surface area contributed by atoms with E-state index in [4.69, 9.17) is 9.47 Å². The fourth-order valence-electron chi connectivity index (χ4n) is 2.93. The van der Waals surface area contributed by atoms with Crippen molar-refractivity contribution < 1.29 is 19.1 Å². The Labute approximate surface area is 142 Å². The molecule has 0 N–H and O–H groups in total. The first-order chi connectivity index (χ1) is 11.4. The average Bonchev–Trinajstić information content (AvgIpc) is 3.03. The summed E-state index contributed by atoms with van der Waals surface area (Å²) in [5, 5.41) is 0. The predicted octanol–water partition coefficient (Wildman–Crippen LogP) is 1.67. The highest BCUT2D eigenvalue weighted by Crippen LogP contribution is 2.36. The Hall–Kier alpha value is -2.08. The zero-order chi connectivity index (χ0) is 17.3. The van der Waals surface area contributed by atoms with E-state index in [2.05, 4.69) is 4.90 Å². The SMILES string of the molecule is CC(C)(C)C(=O)C(=O)N1CCN(Cc2cccc3c2OCO3)CC1. The van der Waals surface area contributed by atoms with Crippen LogP contribution in [0.15, 0.2) is 18.2 Å². The van der Waals surface area contributed by atoms with Crippen LogP contribution in [0.3, 0.4) is 0 Å². The first kappa shape index (κ1) is 16.8. The fraction of sp³-hybridized carbons (Fsp3) is 0.556. The minimum absolute atomic E-state index is 0.267. The lowest BCUT2D eigenvalue weighted by Gasteiger charge is -2.35. The molecule has 0 atom stereocenters. The van der Waals surface area contributed by atoms with Gasteiger partial charge in [-0.1, -0.05) is 32.9 Å². The van der Waals surface area contributed by atoms with Crippen LogP contribution in [0.2, 0.25) is 0 Å². The summed E-state index contributed by atoms with van der Waals surface area (Å²) in [4.78, 5) is 28.3. The molecule has 1 aromatic rings. The van der Waals surface area contributed by atoms with Crippen molar-refractivity contribution in [3.05, 3.63) is 23.8 Å². The molecule has 1 aromatic carbocycles. The van der Waals surface area contributed by atoms with E-state index in [0.29, 0.717) is 13.1 Å². The van der Waals surface area contributed by atoms with E-state index in [1.54, 1.807) is 25.7 Å². The van der Waals surface area contributed by atoms with Gasteiger partial charge in [-0.25, -0.2) is 0 Å². The van der Waals surface area contributed by atoms with Gasteiger partial charge in [-0.3, -0.25) is 14.5 Å². The minimum atomic E-state index is -0.629. The molecule has 24 heavy (non-hydrogen) atoms. The molecule has 0 radical (unpaired) electrons. The standard InChI is InChI=1S/C18H24N2O4/c1-18(2,3)16(21)17(22)20-9-7-19(8-10-20)11-13-5-4-6-14-15(13)24-12-23-14/h4-6H,7-12H2,1-3H3. The third kappa shape index (κ3) is 3.38. The lowest BCUT2D eigenvalue weighted by atomic mass is 9.90. The Balaban J connectivity index is 1.57. The Bertz CT molecular complexity index is 643. The van der Waals surface area contributed by atoms with E-state index in [0.717, 1.165) is 36.7 Å². The molecule has 130 valence electrons. The molecule has 1 fully saturated rings. The van der Waals surface area contributed by atoms with E-state index >= 15 is 0 Å². The molecular weight excluding hydrogens is 308 g/mol. The summed E-state index contributed by atoms with van der Waals surface area (Å²) in [6, 6.07) is 5.90. The number of amides is 1. The number of carbonyl (C=O) groups is 2. The maximum atomic E-state index is 12.3. The number of ketones is 1. The lowest BCUT2D eigenvalue weighted by molar-refractivity contribution is -0.149. The predicted molar refractivity (Wildman–Crippen MR) is 88.9 cm³/mol. The normalized spacial score (nSPS) is 17.9. The van der Waals surface area contributed by atoms with Crippen LogP contribution in [0, 0.1) is 5.41 Å². The zero-order valence-corrected chi connectivity index (χ0v) is 14.5. The van der Waals surface area contributed by atoms with Gasteiger partial charge in [-0.15, -0.1) is 0 Å². The molecule has 6 heteroatoms. The molecule has 2 aliphatic heterocycles. The van der Waals surface area contributed by atoms with Gasteiger partial charge < -0.3 is 14.4 Å². The summed E-state index contributed by atoms with van der Waals surface area (Å²) >= 11 is 0. The van der Waals surface area contributed by atoms with Crippen LogP contribution in [-0.2, 0) is 16.1 Å². The quantitative estimate of drug-likeness (QED) is 0.788. The summed E-state index contributed by atoms with van der Waals surface area (Å²) in [5.74, 6) is 0.929. The van der Waals surface area contributed by atoms with Crippen LogP contribution in [0.1, 0.15) is 26.3 Å².